The molecule has 7 heteroatoms. The molecule has 122 valence electrons. The van der Waals surface area contributed by atoms with Gasteiger partial charge in [0.15, 0.2) is 0 Å². The van der Waals surface area contributed by atoms with E-state index >= 15 is 0 Å². The van der Waals surface area contributed by atoms with Crippen LogP contribution >= 0.6 is 11.6 Å². The number of carbonyl (C=O) groups is 1. The van der Waals surface area contributed by atoms with Gasteiger partial charge in [-0.25, -0.2) is 0 Å². The van der Waals surface area contributed by atoms with E-state index in [1.165, 1.54) is 6.39 Å². The number of anilines is 2. The van der Waals surface area contributed by atoms with Gasteiger partial charge in [-0.15, -0.1) is 10.2 Å². The summed E-state index contributed by atoms with van der Waals surface area (Å²) < 4.78 is 5.18. The zero-order chi connectivity index (χ0) is 16.9. The topological polar surface area (TPSA) is 80.1 Å². The minimum atomic E-state index is -0.180. The van der Waals surface area contributed by atoms with Gasteiger partial charge in [-0.2, -0.15) is 0 Å². The minimum Gasteiger partial charge on any atom is -0.423 e. The number of para-hydroxylation sites is 1. The Bertz CT molecular complexity index is 850. The Morgan fingerprint density at radius 3 is 2.79 bits per heavy atom. The highest BCUT2D eigenvalue weighted by molar-refractivity contribution is 6.33. The summed E-state index contributed by atoms with van der Waals surface area (Å²) in [5, 5.41) is 14.0. The fraction of sp³-hybridized carbons (Fsp3) is 0.118. The van der Waals surface area contributed by atoms with Gasteiger partial charge in [-0.3, -0.25) is 4.79 Å². The maximum Gasteiger partial charge on any atom is 0.247 e. The average molecular weight is 343 g/mol. The summed E-state index contributed by atoms with van der Waals surface area (Å²) in [4.78, 5) is 12.2. The first-order chi connectivity index (χ1) is 11.6. The SMILES string of the molecule is Cc1ccc(-c2nnco2)cc1NC(=O)CNc1ccccc1Cl. The molecule has 2 N–H and O–H groups in total. The second kappa shape index (κ2) is 7.14. The number of aromatic nitrogens is 2. The summed E-state index contributed by atoms with van der Waals surface area (Å²) >= 11 is 6.05. The highest BCUT2D eigenvalue weighted by atomic mass is 35.5. The van der Waals surface area contributed by atoms with Gasteiger partial charge in [0.2, 0.25) is 18.2 Å². The normalized spacial score (nSPS) is 10.4. The van der Waals surface area contributed by atoms with Crippen molar-refractivity contribution in [2.45, 2.75) is 6.92 Å². The highest BCUT2D eigenvalue weighted by Crippen LogP contribution is 2.24. The minimum absolute atomic E-state index is 0.105. The van der Waals surface area contributed by atoms with Crippen molar-refractivity contribution in [2.75, 3.05) is 17.2 Å². The van der Waals surface area contributed by atoms with Gasteiger partial charge in [0.05, 0.1) is 17.3 Å². The number of halogens is 1. The number of aryl methyl sites for hydroxylation is 1. The molecule has 3 aromatic rings. The zero-order valence-corrected chi connectivity index (χ0v) is 13.7. The molecule has 0 bridgehead atoms. The summed E-state index contributed by atoms with van der Waals surface area (Å²) in [6, 6.07) is 12.8. The largest absolute Gasteiger partial charge is 0.423 e. The Morgan fingerprint density at radius 1 is 1.21 bits per heavy atom. The lowest BCUT2D eigenvalue weighted by atomic mass is 10.1. The summed E-state index contributed by atoms with van der Waals surface area (Å²) in [7, 11) is 0. The van der Waals surface area contributed by atoms with E-state index in [9.17, 15) is 4.79 Å². The van der Waals surface area contributed by atoms with Crippen LogP contribution < -0.4 is 10.6 Å². The molecule has 0 radical (unpaired) electrons. The Balaban J connectivity index is 1.68. The monoisotopic (exact) mass is 342 g/mol. The van der Waals surface area contributed by atoms with Gasteiger partial charge >= 0.3 is 0 Å². The van der Waals surface area contributed by atoms with Crippen LogP contribution in [0.25, 0.3) is 11.5 Å². The standard InChI is InChI=1S/C17H15ClN4O2/c1-11-6-7-12(17-22-20-10-24-17)8-15(11)21-16(23)9-19-14-5-3-2-4-13(14)18/h2-8,10,19H,9H2,1H3,(H,21,23). The lowest BCUT2D eigenvalue weighted by molar-refractivity contribution is -0.114. The number of benzene rings is 2. The molecule has 1 aromatic heterocycles. The molecular formula is C17H15ClN4O2. The van der Waals surface area contributed by atoms with E-state index in [0.29, 0.717) is 22.3 Å². The van der Waals surface area contributed by atoms with E-state index < -0.39 is 0 Å². The van der Waals surface area contributed by atoms with Crippen molar-refractivity contribution in [3.63, 3.8) is 0 Å². The molecular weight excluding hydrogens is 328 g/mol. The molecule has 0 aliphatic carbocycles. The molecule has 24 heavy (non-hydrogen) atoms. The first-order valence-electron chi connectivity index (χ1n) is 7.29. The summed E-state index contributed by atoms with van der Waals surface area (Å²) in [6.45, 7) is 2.02. The highest BCUT2D eigenvalue weighted by Gasteiger charge is 2.10. The summed E-state index contributed by atoms with van der Waals surface area (Å²) in [5.41, 5.74) is 3.08. The van der Waals surface area contributed by atoms with E-state index in [-0.39, 0.29) is 12.5 Å². The number of hydrogen-bond acceptors (Lipinski definition) is 5. The molecule has 0 saturated heterocycles. The van der Waals surface area contributed by atoms with Crippen LogP contribution in [0, 0.1) is 6.92 Å². The van der Waals surface area contributed by atoms with Crippen LogP contribution in [0.5, 0.6) is 0 Å². The van der Waals surface area contributed by atoms with E-state index in [1.807, 2.05) is 37.3 Å². The third-order valence-corrected chi connectivity index (χ3v) is 3.76. The number of rotatable bonds is 5. The lowest BCUT2D eigenvalue weighted by Crippen LogP contribution is -2.22. The average Bonchev–Trinajstić information content (AvgIpc) is 3.11. The summed E-state index contributed by atoms with van der Waals surface area (Å²) in [6.07, 6.45) is 1.26. The quantitative estimate of drug-likeness (QED) is 0.738. The summed E-state index contributed by atoms with van der Waals surface area (Å²) in [5.74, 6) is 0.223. The van der Waals surface area contributed by atoms with Crippen molar-refractivity contribution in [3.05, 3.63) is 59.4 Å². The van der Waals surface area contributed by atoms with E-state index in [4.69, 9.17) is 16.0 Å². The first-order valence-corrected chi connectivity index (χ1v) is 7.67. The zero-order valence-electron chi connectivity index (χ0n) is 12.9. The molecule has 2 aromatic carbocycles. The maximum absolute atomic E-state index is 12.2. The molecule has 6 nitrogen and oxygen atoms in total. The van der Waals surface area contributed by atoms with Crippen LogP contribution in [0.4, 0.5) is 11.4 Å². The predicted molar refractivity (Wildman–Crippen MR) is 93.0 cm³/mol. The van der Waals surface area contributed by atoms with Crippen molar-refractivity contribution < 1.29 is 9.21 Å². The maximum atomic E-state index is 12.2. The molecule has 0 unspecified atom stereocenters. The Kier molecular flexibility index (Phi) is 4.77. The van der Waals surface area contributed by atoms with Gasteiger partial charge in [0.1, 0.15) is 0 Å². The van der Waals surface area contributed by atoms with Gasteiger partial charge in [0, 0.05) is 11.3 Å². The van der Waals surface area contributed by atoms with E-state index in [0.717, 1.165) is 11.1 Å². The van der Waals surface area contributed by atoms with Crippen molar-refractivity contribution in [1.82, 2.24) is 10.2 Å². The third-order valence-electron chi connectivity index (χ3n) is 3.43. The third kappa shape index (κ3) is 3.72. The van der Waals surface area contributed by atoms with Crippen molar-refractivity contribution in [3.8, 4) is 11.5 Å². The smallest absolute Gasteiger partial charge is 0.247 e. The molecule has 1 heterocycles. The molecule has 0 fully saturated rings. The Labute approximate surface area is 143 Å². The molecule has 0 aliphatic heterocycles. The van der Waals surface area contributed by atoms with Crippen LogP contribution in [0.15, 0.2) is 53.3 Å². The van der Waals surface area contributed by atoms with Crippen LogP contribution in [0.3, 0.4) is 0 Å². The number of nitrogens with zero attached hydrogens (tertiary/aromatic N) is 2. The van der Waals surface area contributed by atoms with Gasteiger partial charge in [-0.05, 0) is 36.8 Å². The predicted octanol–water partition coefficient (Wildman–Crippen LogP) is 3.75. The molecule has 0 atom stereocenters. The number of carbonyl (C=O) groups excluding carboxylic acids is 1. The van der Waals surface area contributed by atoms with Crippen LogP contribution in [0.1, 0.15) is 5.56 Å². The van der Waals surface area contributed by atoms with Gasteiger partial charge in [-0.1, -0.05) is 29.8 Å². The van der Waals surface area contributed by atoms with Crippen LogP contribution in [-0.2, 0) is 4.79 Å². The van der Waals surface area contributed by atoms with Crippen LogP contribution in [-0.4, -0.2) is 22.6 Å². The second-order valence-electron chi connectivity index (χ2n) is 5.16. The number of nitrogens with one attached hydrogen (secondary N) is 2. The van der Waals surface area contributed by atoms with Gasteiger partial charge < -0.3 is 15.1 Å². The fourth-order valence-corrected chi connectivity index (χ4v) is 2.37. The Hall–Kier alpha value is -2.86. The van der Waals surface area contributed by atoms with Crippen molar-refractivity contribution in [1.29, 1.82) is 0 Å². The number of amides is 1. The van der Waals surface area contributed by atoms with Gasteiger partial charge in [0.25, 0.3) is 0 Å². The molecule has 3 rings (SSSR count). The Morgan fingerprint density at radius 2 is 2.04 bits per heavy atom. The van der Waals surface area contributed by atoms with Crippen molar-refractivity contribution in [2.24, 2.45) is 0 Å². The molecule has 0 aliphatic rings. The molecule has 1 amide bonds. The van der Waals surface area contributed by atoms with E-state index in [1.54, 1.807) is 12.1 Å². The van der Waals surface area contributed by atoms with Crippen LogP contribution in [0.2, 0.25) is 5.02 Å². The second-order valence-corrected chi connectivity index (χ2v) is 5.56. The molecule has 0 saturated carbocycles. The van der Waals surface area contributed by atoms with Crippen molar-refractivity contribution >= 4 is 28.9 Å². The number of hydrogen-bond donors (Lipinski definition) is 2. The first kappa shape index (κ1) is 16.0. The lowest BCUT2D eigenvalue weighted by Gasteiger charge is -2.11. The van der Waals surface area contributed by atoms with E-state index in [2.05, 4.69) is 20.8 Å². The molecule has 0 spiro atoms. The fourth-order valence-electron chi connectivity index (χ4n) is 2.16.